The molecule has 2 rings (SSSR count). The predicted octanol–water partition coefficient (Wildman–Crippen LogP) is 1.50. The lowest BCUT2D eigenvalue weighted by molar-refractivity contribution is 0.477. The molecular formula is C12H13N3O. The number of anilines is 1. The predicted molar refractivity (Wildman–Crippen MR) is 63.6 cm³/mol. The second kappa shape index (κ2) is 4.20. The van der Waals surface area contributed by atoms with Crippen LogP contribution in [0.4, 0.5) is 5.82 Å². The average Bonchev–Trinajstić information content (AvgIpc) is 2.29. The van der Waals surface area contributed by atoms with Crippen LogP contribution in [0.5, 0.6) is 5.75 Å². The Bertz CT molecular complexity index is 511. The van der Waals surface area contributed by atoms with E-state index in [0.717, 1.165) is 5.56 Å². The van der Waals surface area contributed by atoms with Crippen LogP contribution in [-0.2, 0) is 6.54 Å². The van der Waals surface area contributed by atoms with Crippen molar-refractivity contribution < 1.29 is 5.11 Å². The number of nitrogens with two attached hydrogens (primary N) is 2. The SMILES string of the molecule is NCc1ccc(-c2ccccc2O)nc1N. The third kappa shape index (κ3) is 1.83. The summed E-state index contributed by atoms with van der Waals surface area (Å²) in [6, 6.07) is 10.6. The molecule has 0 aliphatic carbocycles. The van der Waals surface area contributed by atoms with Crippen molar-refractivity contribution in [3.05, 3.63) is 42.0 Å². The normalized spacial score (nSPS) is 10.3. The van der Waals surface area contributed by atoms with Crippen LogP contribution < -0.4 is 11.5 Å². The number of nitrogen functional groups attached to an aromatic ring is 1. The van der Waals surface area contributed by atoms with Crippen LogP contribution in [0.1, 0.15) is 5.56 Å². The molecule has 2 aromatic rings. The maximum absolute atomic E-state index is 9.68. The summed E-state index contributed by atoms with van der Waals surface area (Å²) in [5, 5.41) is 9.68. The Hall–Kier alpha value is -2.07. The molecule has 0 saturated heterocycles. The molecule has 1 aromatic heterocycles. The summed E-state index contributed by atoms with van der Waals surface area (Å²) in [4.78, 5) is 4.21. The Kier molecular flexibility index (Phi) is 2.74. The van der Waals surface area contributed by atoms with Gasteiger partial charge >= 0.3 is 0 Å². The number of phenols is 1. The molecule has 82 valence electrons. The van der Waals surface area contributed by atoms with E-state index in [4.69, 9.17) is 11.5 Å². The highest BCUT2D eigenvalue weighted by molar-refractivity contribution is 5.68. The second-order valence-corrected chi connectivity index (χ2v) is 3.46. The number of aromatic nitrogens is 1. The molecule has 4 heteroatoms. The molecule has 1 heterocycles. The van der Waals surface area contributed by atoms with Crippen molar-refractivity contribution in [1.29, 1.82) is 0 Å². The molecule has 0 aliphatic rings. The zero-order valence-corrected chi connectivity index (χ0v) is 8.72. The van der Waals surface area contributed by atoms with Gasteiger partial charge in [0.25, 0.3) is 0 Å². The van der Waals surface area contributed by atoms with E-state index in [1.165, 1.54) is 0 Å². The van der Waals surface area contributed by atoms with Crippen molar-refractivity contribution in [3.8, 4) is 17.0 Å². The molecule has 5 N–H and O–H groups in total. The lowest BCUT2D eigenvalue weighted by atomic mass is 10.1. The number of nitrogens with zero attached hydrogens (tertiary/aromatic N) is 1. The van der Waals surface area contributed by atoms with Crippen molar-refractivity contribution in [2.24, 2.45) is 5.73 Å². The molecule has 0 aliphatic heterocycles. The van der Waals surface area contributed by atoms with Crippen LogP contribution in [0.15, 0.2) is 36.4 Å². The van der Waals surface area contributed by atoms with Gasteiger partial charge < -0.3 is 16.6 Å². The number of phenolic OH excluding ortho intramolecular Hbond substituents is 1. The molecule has 1 aromatic carbocycles. The molecule has 0 spiro atoms. The van der Waals surface area contributed by atoms with Gasteiger partial charge in [-0.15, -0.1) is 0 Å². The van der Waals surface area contributed by atoms with Crippen molar-refractivity contribution in [3.63, 3.8) is 0 Å². The van der Waals surface area contributed by atoms with E-state index in [1.807, 2.05) is 12.1 Å². The maximum Gasteiger partial charge on any atom is 0.128 e. The van der Waals surface area contributed by atoms with Gasteiger partial charge in [-0.3, -0.25) is 0 Å². The van der Waals surface area contributed by atoms with E-state index in [1.54, 1.807) is 24.3 Å². The molecule has 4 nitrogen and oxygen atoms in total. The second-order valence-electron chi connectivity index (χ2n) is 3.46. The maximum atomic E-state index is 9.68. The minimum absolute atomic E-state index is 0.190. The molecule has 0 atom stereocenters. The minimum Gasteiger partial charge on any atom is -0.507 e. The summed E-state index contributed by atoms with van der Waals surface area (Å²) in [7, 11) is 0. The number of para-hydroxylation sites is 1. The van der Waals surface area contributed by atoms with E-state index in [0.29, 0.717) is 23.6 Å². The molecule has 16 heavy (non-hydrogen) atoms. The van der Waals surface area contributed by atoms with Crippen LogP contribution in [0.3, 0.4) is 0 Å². The fraction of sp³-hybridized carbons (Fsp3) is 0.0833. The summed E-state index contributed by atoms with van der Waals surface area (Å²) in [6.07, 6.45) is 0. The Labute approximate surface area is 93.5 Å². The Morgan fingerprint density at radius 3 is 2.50 bits per heavy atom. The van der Waals surface area contributed by atoms with Gasteiger partial charge in [0, 0.05) is 17.7 Å². The standard InChI is InChI=1S/C12H13N3O/c13-7-8-5-6-10(15-12(8)14)9-3-1-2-4-11(9)16/h1-6,16H,7,13H2,(H2,14,15). The van der Waals surface area contributed by atoms with Gasteiger partial charge in [-0.05, 0) is 18.2 Å². The zero-order valence-electron chi connectivity index (χ0n) is 8.72. The Morgan fingerprint density at radius 2 is 1.88 bits per heavy atom. The van der Waals surface area contributed by atoms with E-state index in [2.05, 4.69) is 4.98 Å². The van der Waals surface area contributed by atoms with Crippen molar-refractivity contribution in [2.45, 2.75) is 6.54 Å². The fourth-order valence-electron chi connectivity index (χ4n) is 1.52. The lowest BCUT2D eigenvalue weighted by Crippen LogP contribution is -2.03. The van der Waals surface area contributed by atoms with Gasteiger partial charge in [-0.2, -0.15) is 0 Å². The first-order chi connectivity index (χ1) is 7.72. The molecule has 0 radical (unpaired) electrons. The van der Waals surface area contributed by atoms with E-state index in [-0.39, 0.29) is 5.75 Å². The smallest absolute Gasteiger partial charge is 0.128 e. The molecule has 0 saturated carbocycles. The first-order valence-corrected chi connectivity index (χ1v) is 4.96. The van der Waals surface area contributed by atoms with Gasteiger partial charge in [0.05, 0.1) is 5.69 Å². The number of pyridine rings is 1. The summed E-state index contributed by atoms with van der Waals surface area (Å²) in [6.45, 7) is 0.361. The van der Waals surface area contributed by atoms with Crippen LogP contribution in [0.2, 0.25) is 0 Å². The van der Waals surface area contributed by atoms with Crippen molar-refractivity contribution >= 4 is 5.82 Å². The third-order valence-corrected chi connectivity index (χ3v) is 2.41. The van der Waals surface area contributed by atoms with Crippen LogP contribution in [0.25, 0.3) is 11.3 Å². The first-order valence-electron chi connectivity index (χ1n) is 4.96. The van der Waals surface area contributed by atoms with E-state index >= 15 is 0 Å². The van der Waals surface area contributed by atoms with E-state index < -0.39 is 0 Å². The molecular weight excluding hydrogens is 202 g/mol. The summed E-state index contributed by atoms with van der Waals surface area (Å²) in [5.74, 6) is 0.596. The number of aromatic hydroxyl groups is 1. The van der Waals surface area contributed by atoms with Crippen LogP contribution in [-0.4, -0.2) is 10.1 Å². The topological polar surface area (TPSA) is 85.2 Å². The summed E-state index contributed by atoms with van der Waals surface area (Å²) in [5.41, 5.74) is 13.4. The van der Waals surface area contributed by atoms with Gasteiger partial charge in [-0.1, -0.05) is 18.2 Å². The van der Waals surface area contributed by atoms with Gasteiger partial charge in [0.1, 0.15) is 11.6 Å². The Balaban J connectivity index is 2.50. The average molecular weight is 215 g/mol. The lowest BCUT2D eigenvalue weighted by Gasteiger charge is -2.07. The van der Waals surface area contributed by atoms with Gasteiger partial charge in [0.15, 0.2) is 0 Å². The highest BCUT2D eigenvalue weighted by Gasteiger charge is 2.06. The zero-order chi connectivity index (χ0) is 11.5. The van der Waals surface area contributed by atoms with Crippen molar-refractivity contribution in [2.75, 3.05) is 5.73 Å². The van der Waals surface area contributed by atoms with Crippen molar-refractivity contribution in [1.82, 2.24) is 4.98 Å². The fourth-order valence-corrected chi connectivity index (χ4v) is 1.52. The Morgan fingerprint density at radius 1 is 1.12 bits per heavy atom. The number of benzene rings is 1. The largest absolute Gasteiger partial charge is 0.507 e. The number of hydrogen-bond acceptors (Lipinski definition) is 4. The summed E-state index contributed by atoms with van der Waals surface area (Å²) < 4.78 is 0. The quantitative estimate of drug-likeness (QED) is 0.708. The number of hydrogen-bond donors (Lipinski definition) is 3. The molecule has 0 bridgehead atoms. The highest BCUT2D eigenvalue weighted by Crippen LogP contribution is 2.28. The van der Waals surface area contributed by atoms with Crippen LogP contribution >= 0.6 is 0 Å². The van der Waals surface area contributed by atoms with Gasteiger partial charge in [0.2, 0.25) is 0 Å². The summed E-state index contributed by atoms with van der Waals surface area (Å²) >= 11 is 0. The highest BCUT2D eigenvalue weighted by atomic mass is 16.3. The monoisotopic (exact) mass is 215 g/mol. The number of rotatable bonds is 2. The first kappa shape index (κ1) is 10.4. The van der Waals surface area contributed by atoms with E-state index in [9.17, 15) is 5.11 Å². The molecule has 0 amide bonds. The third-order valence-electron chi connectivity index (χ3n) is 2.41. The molecule has 0 fully saturated rings. The van der Waals surface area contributed by atoms with Gasteiger partial charge in [-0.25, -0.2) is 4.98 Å². The minimum atomic E-state index is 0.190. The molecule has 0 unspecified atom stereocenters. The van der Waals surface area contributed by atoms with Crippen LogP contribution in [0, 0.1) is 0 Å².